The third kappa shape index (κ3) is 4.77. The first kappa shape index (κ1) is 23.0. The van der Waals surface area contributed by atoms with Gasteiger partial charge in [0.2, 0.25) is 5.91 Å². The number of aliphatic imine (C=N–C) groups is 2. The predicted octanol–water partition coefficient (Wildman–Crippen LogP) is 0.751. The Labute approximate surface area is 180 Å². The van der Waals surface area contributed by atoms with Gasteiger partial charge in [0.1, 0.15) is 18.7 Å². The van der Waals surface area contributed by atoms with E-state index in [1.165, 1.54) is 0 Å². The zero-order chi connectivity index (χ0) is 23.1. The minimum Gasteiger partial charge on any atom is -0.367 e. The Morgan fingerprint density at radius 3 is 2.31 bits per heavy atom. The molecule has 1 saturated heterocycles. The number of carbonyl (C=O) groups is 2. The zero-order valence-electron chi connectivity index (χ0n) is 17.0. The van der Waals surface area contributed by atoms with Gasteiger partial charge < -0.3 is 20.7 Å². The van der Waals surface area contributed by atoms with E-state index in [1.807, 2.05) is 0 Å². The van der Waals surface area contributed by atoms with Gasteiger partial charge in [-0.2, -0.15) is 13.2 Å². The van der Waals surface area contributed by atoms with Gasteiger partial charge in [-0.25, -0.2) is 8.78 Å². The maximum atomic E-state index is 12.6. The standard InChI is InChI=1S/C19H24F5N5O3/c20-15(21)11-4-26-12(5-25-11)16(31)29-18-7-17(8-18,9-18)28-14(30)6-32-10-1-2-13(27-3-10)19(22,23)24/h4-5,10-13,15,27H,1-3,6-9H2,(H,28,30)(H,29,31). The van der Waals surface area contributed by atoms with Gasteiger partial charge >= 0.3 is 6.18 Å². The van der Waals surface area contributed by atoms with Gasteiger partial charge in [0, 0.05) is 30.1 Å². The molecule has 0 radical (unpaired) electrons. The van der Waals surface area contributed by atoms with Crippen LogP contribution in [0.3, 0.4) is 0 Å². The summed E-state index contributed by atoms with van der Waals surface area (Å²) >= 11 is 0. The van der Waals surface area contributed by atoms with E-state index >= 15 is 0 Å². The summed E-state index contributed by atoms with van der Waals surface area (Å²) < 4.78 is 68.5. The topological polar surface area (TPSA) is 104 Å². The molecule has 5 rings (SSSR count). The molecule has 2 bridgehead atoms. The van der Waals surface area contributed by atoms with E-state index in [9.17, 15) is 31.5 Å². The van der Waals surface area contributed by atoms with Crippen LogP contribution in [-0.2, 0) is 14.3 Å². The minimum absolute atomic E-state index is 0.0305. The second kappa shape index (κ2) is 8.32. The van der Waals surface area contributed by atoms with Crippen LogP contribution < -0.4 is 16.0 Å². The van der Waals surface area contributed by atoms with Crippen molar-refractivity contribution < 1.29 is 36.3 Å². The van der Waals surface area contributed by atoms with E-state index in [-0.39, 0.29) is 31.9 Å². The smallest absolute Gasteiger partial charge is 0.367 e. The van der Waals surface area contributed by atoms with Crippen molar-refractivity contribution in [3.05, 3.63) is 0 Å². The molecule has 3 N–H and O–H groups in total. The van der Waals surface area contributed by atoms with Crippen molar-refractivity contribution in [1.82, 2.24) is 16.0 Å². The molecule has 32 heavy (non-hydrogen) atoms. The number of carbonyl (C=O) groups excluding carboxylic acids is 2. The third-order valence-electron chi connectivity index (χ3n) is 6.36. The average Bonchev–Trinajstić information content (AvgIpc) is 2.69. The summed E-state index contributed by atoms with van der Waals surface area (Å²) in [7, 11) is 0. The highest BCUT2D eigenvalue weighted by Crippen LogP contribution is 2.60. The number of hydrogen-bond acceptors (Lipinski definition) is 6. The van der Waals surface area contributed by atoms with E-state index in [1.54, 1.807) is 0 Å². The largest absolute Gasteiger partial charge is 0.403 e. The molecule has 0 spiro atoms. The molecule has 178 valence electrons. The van der Waals surface area contributed by atoms with Crippen LogP contribution in [0, 0.1) is 0 Å². The fourth-order valence-electron chi connectivity index (χ4n) is 4.87. The maximum absolute atomic E-state index is 12.6. The lowest BCUT2D eigenvalue weighted by atomic mass is 9.44. The molecule has 2 amide bonds. The molecule has 3 aliphatic carbocycles. The number of hydrogen-bond donors (Lipinski definition) is 3. The summed E-state index contributed by atoms with van der Waals surface area (Å²) in [5, 5.41) is 8.12. The molecule has 4 atom stereocenters. The molecule has 8 nitrogen and oxygen atoms in total. The van der Waals surface area contributed by atoms with Gasteiger partial charge in [0.05, 0.1) is 6.10 Å². The Kier molecular flexibility index (Phi) is 5.99. The van der Waals surface area contributed by atoms with Crippen LogP contribution in [-0.4, -0.2) is 85.3 Å². The Hall–Kier alpha value is -2.15. The number of amides is 2. The van der Waals surface area contributed by atoms with E-state index in [2.05, 4.69) is 25.9 Å². The summed E-state index contributed by atoms with van der Waals surface area (Å²) in [6.45, 7) is -0.217. The number of ether oxygens (including phenoxy) is 1. The molecule has 0 aromatic carbocycles. The number of halogens is 5. The summed E-state index contributed by atoms with van der Waals surface area (Å²) in [6, 6.07) is -3.82. The maximum Gasteiger partial charge on any atom is 0.403 e. The van der Waals surface area contributed by atoms with Crippen molar-refractivity contribution >= 4 is 24.2 Å². The first-order chi connectivity index (χ1) is 15.0. The van der Waals surface area contributed by atoms with Crippen LogP contribution in [0.1, 0.15) is 32.1 Å². The van der Waals surface area contributed by atoms with E-state index < -0.39 is 53.8 Å². The summed E-state index contributed by atoms with van der Waals surface area (Å²) in [5.41, 5.74) is -0.876. The molecule has 4 fully saturated rings. The minimum atomic E-state index is -4.29. The molecule has 0 aromatic heterocycles. The van der Waals surface area contributed by atoms with Crippen LogP contribution in [0.2, 0.25) is 0 Å². The molecule has 13 heteroatoms. The molecule has 2 heterocycles. The second-order valence-electron chi connectivity index (χ2n) is 9.01. The molecule has 0 aromatic rings. The lowest BCUT2D eigenvalue weighted by molar-refractivity contribution is -0.168. The average molecular weight is 465 g/mol. The van der Waals surface area contributed by atoms with Crippen LogP contribution in [0.25, 0.3) is 0 Å². The first-order valence-electron chi connectivity index (χ1n) is 10.4. The Balaban J connectivity index is 1.14. The second-order valence-corrected chi connectivity index (χ2v) is 9.01. The highest BCUT2D eigenvalue weighted by Gasteiger charge is 2.69. The zero-order valence-corrected chi connectivity index (χ0v) is 17.0. The number of nitrogens with one attached hydrogen (secondary N) is 3. The molecular weight excluding hydrogens is 441 g/mol. The van der Waals surface area contributed by atoms with Crippen molar-refractivity contribution in [2.75, 3.05) is 13.2 Å². The van der Waals surface area contributed by atoms with Gasteiger partial charge in [-0.1, -0.05) is 0 Å². The molecular formula is C19H24F5N5O3. The van der Waals surface area contributed by atoms with Crippen LogP contribution in [0.4, 0.5) is 22.0 Å². The quantitative estimate of drug-likeness (QED) is 0.483. The Bertz CT molecular complexity index is 776. The van der Waals surface area contributed by atoms with Crippen molar-refractivity contribution in [1.29, 1.82) is 0 Å². The number of nitrogens with zero attached hydrogens (tertiary/aromatic N) is 2. The monoisotopic (exact) mass is 465 g/mol. The normalized spacial score (nSPS) is 38.1. The van der Waals surface area contributed by atoms with E-state index in [0.29, 0.717) is 19.3 Å². The molecule has 3 saturated carbocycles. The molecule has 4 unspecified atom stereocenters. The third-order valence-corrected chi connectivity index (χ3v) is 6.36. The Morgan fingerprint density at radius 2 is 1.78 bits per heavy atom. The van der Waals surface area contributed by atoms with Crippen molar-refractivity contribution in [2.24, 2.45) is 9.98 Å². The molecule has 2 aliphatic heterocycles. The van der Waals surface area contributed by atoms with E-state index in [0.717, 1.165) is 12.4 Å². The van der Waals surface area contributed by atoms with Crippen molar-refractivity contribution in [3.8, 4) is 0 Å². The summed E-state index contributed by atoms with van der Waals surface area (Å²) in [6.07, 6.45) is -3.61. The van der Waals surface area contributed by atoms with Crippen LogP contribution >= 0.6 is 0 Å². The highest BCUT2D eigenvalue weighted by molar-refractivity contribution is 6.01. The highest BCUT2D eigenvalue weighted by atomic mass is 19.4. The van der Waals surface area contributed by atoms with Crippen LogP contribution in [0.15, 0.2) is 9.98 Å². The summed E-state index contributed by atoms with van der Waals surface area (Å²) in [5.74, 6) is -0.785. The van der Waals surface area contributed by atoms with Gasteiger partial charge in [-0.05, 0) is 32.1 Å². The van der Waals surface area contributed by atoms with Crippen molar-refractivity contribution in [3.63, 3.8) is 0 Å². The fourth-order valence-corrected chi connectivity index (χ4v) is 4.87. The van der Waals surface area contributed by atoms with E-state index in [4.69, 9.17) is 4.74 Å². The Morgan fingerprint density at radius 1 is 1.09 bits per heavy atom. The lowest BCUT2D eigenvalue weighted by Crippen LogP contribution is -2.84. The first-order valence-corrected chi connectivity index (χ1v) is 10.4. The van der Waals surface area contributed by atoms with Crippen LogP contribution in [0.5, 0.6) is 0 Å². The van der Waals surface area contributed by atoms with Gasteiger partial charge in [-0.15, -0.1) is 0 Å². The number of rotatable bonds is 7. The number of alkyl halides is 5. The fraction of sp³-hybridized carbons (Fsp3) is 0.789. The van der Waals surface area contributed by atoms with Gasteiger partial charge in [-0.3, -0.25) is 19.6 Å². The molecule has 5 aliphatic rings. The lowest BCUT2D eigenvalue weighted by Gasteiger charge is -2.70. The van der Waals surface area contributed by atoms with Gasteiger partial charge in [0.25, 0.3) is 12.3 Å². The SMILES string of the molecule is O=C(COC1CCC(C(F)(F)F)NC1)NC12CC(NC(=O)C3C=NC(C(F)F)C=N3)(C1)C2. The number of piperidine rings is 1. The van der Waals surface area contributed by atoms with Gasteiger partial charge in [0.15, 0.2) is 6.04 Å². The van der Waals surface area contributed by atoms with Crippen molar-refractivity contribution in [2.45, 2.75) is 80.0 Å². The predicted molar refractivity (Wildman–Crippen MR) is 103 cm³/mol. The summed E-state index contributed by atoms with van der Waals surface area (Å²) in [4.78, 5) is 31.9.